The fourth-order valence-electron chi connectivity index (χ4n) is 7.38. The molecular weight excluding hydrogens is 611 g/mol. The van der Waals surface area contributed by atoms with Crippen molar-refractivity contribution in [3.05, 3.63) is 168 Å². The molecule has 0 aliphatic carbocycles. The standard InChI is InChI=1S/C45H25N5/c46-26-29-17-19-43-38(21-29)39-22-30(27-47)18-20-44(39)49(43)34-12-8-11-32(23-34)37-24-33(31-9-2-1-3-10-31)25-45(40(37)28-48)50-41-15-6-4-13-35(41)36-14-5-7-16-42(36)50/h1-25H. The first-order valence-corrected chi connectivity index (χ1v) is 16.3. The van der Waals surface area contributed by atoms with Crippen LogP contribution in [0.25, 0.3) is 77.2 Å². The van der Waals surface area contributed by atoms with Crippen molar-refractivity contribution >= 4 is 43.6 Å². The third kappa shape index (κ3) is 4.38. The van der Waals surface area contributed by atoms with Crippen molar-refractivity contribution in [2.75, 3.05) is 0 Å². The van der Waals surface area contributed by atoms with Gasteiger partial charge in [0.1, 0.15) is 6.07 Å². The van der Waals surface area contributed by atoms with Crippen LogP contribution in [0.1, 0.15) is 16.7 Å². The summed E-state index contributed by atoms with van der Waals surface area (Å²) >= 11 is 0. The van der Waals surface area contributed by atoms with E-state index in [9.17, 15) is 15.8 Å². The molecule has 0 fully saturated rings. The Kier molecular flexibility index (Phi) is 6.56. The summed E-state index contributed by atoms with van der Waals surface area (Å²) < 4.78 is 4.38. The van der Waals surface area contributed by atoms with E-state index in [0.29, 0.717) is 16.7 Å². The van der Waals surface area contributed by atoms with Gasteiger partial charge in [-0.15, -0.1) is 0 Å². The Morgan fingerprint density at radius 2 is 0.940 bits per heavy atom. The van der Waals surface area contributed by atoms with Crippen LogP contribution in [0.15, 0.2) is 152 Å². The zero-order valence-corrected chi connectivity index (χ0v) is 26.7. The van der Waals surface area contributed by atoms with Crippen LogP contribution in [0.5, 0.6) is 0 Å². The zero-order valence-electron chi connectivity index (χ0n) is 26.7. The van der Waals surface area contributed by atoms with Crippen molar-refractivity contribution in [2.24, 2.45) is 0 Å². The summed E-state index contributed by atoms with van der Waals surface area (Å²) in [5.41, 5.74) is 11.1. The molecule has 0 amide bonds. The molecule has 2 heterocycles. The van der Waals surface area contributed by atoms with Crippen molar-refractivity contribution < 1.29 is 0 Å². The summed E-state index contributed by atoms with van der Waals surface area (Å²) in [5, 5.41) is 34.4. The van der Waals surface area contributed by atoms with Crippen molar-refractivity contribution in [2.45, 2.75) is 0 Å². The molecule has 0 spiro atoms. The van der Waals surface area contributed by atoms with E-state index in [1.54, 1.807) is 0 Å². The van der Waals surface area contributed by atoms with E-state index in [0.717, 1.165) is 77.2 Å². The average Bonchev–Trinajstić information content (AvgIpc) is 3.69. The number of nitrogens with zero attached hydrogens (tertiary/aromatic N) is 5. The van der Waals surface area contributed by atoms with Crippen LogP contribution in [-0.2, 0) is 0 Å². The lowest BCUT2D eigenvalue weighted by Crippen LogP contribution is -2.01. The molecule has 230 valence electrons. The summed E-state index contributed by atoms with van der Waals surface area (Å²) in [7, 11) is 0. The molecule has 5 heteroatoms. The Morgan fingerprint density at radius 3 is 1.54 bits per heavy atom. The average molecular weight is 636 g/mol. The first kappa shape index (κ1) is 28.8. The normalized spacial score (nSPS) is 11.1. The van der Waals surface area contributed by atoms with Crippen LogP contribution >= 0.6 is 0 Å². The lowest BCUT2D eigenvalue weighted by atomic mass is 9.93. The Bertz CT molecular complexity index is 2830. The van der Waals surface area contributed by atoms with Crippen LogP contribution in [0.4, 0.5) is 0 Å². The van der Waals surface area contributed by atoms with Gasteiger partial charge in [0.15, 0.2) is 0 Å². The van der Waals surface area contributed by atoms with Crippen molar-refractivity contribution in [3.63, 3.8) is 0 Å². The van der Waals surface area contributed by atoms with Crippen LogP contribution in [0, 0.1) is 34.0 Å². The summed E-state index contributed by atoms with van der Waals surface area (Å²) in [6.07, 6.45) is 0. The number of para-hydroxylation sites is 2. The second-order valence-electron chi connectivity index (χ2n) is 12.3. The quantitative estimate of drug-likeness (QED) is 0.193. The van der Waals surface area contributed by atoms with Crippen LogP contribution < -0.4 is 0 Å². The van der Waals surface area contributed by atoms with Gasteiger partial charge in [0.25, 0.3) is 0 Å². The minimum absolute atomic E-state index is 0.557. The molecule has 7 aromatic carbocycles. The Morgan fingerprint density at radius 1 is 0.380 bits per heavy atom. The predicted octanol–water partition coefficient (Wildman–Crippen LogP) is 10.8. The third-order valence-electron chi connectivity index (χ3n) is 9.60. The molecule has 0 saturated carbocycles. The van der Waals surface area contributed by atoms with E-state index in [1.807, 2.05) is 72.8 Å². The minimum Gasteiger partial charge on any atom is -0.309 e. The summed E-state index contributed by atoms with van der Waals surface area (Å²) in [4.78, 5) is 0. The van der Waals surface area contributed by atoms with Crippen LogP contribution in [0.2, 0.25) is 0 Å². The molecule has 0 unspecified atom stereocenters. The molecule has 0 aliphatic rings. The van der Waals surface area contributed by atoms with Crippen LogP contribution in [-0.4, -0.2) is 9.13 Å². The molecule has 0 saturated heterocycles. The van der Waals surface area contributed by atoms with Gasteiger partial charge < -0.3 is 9.13 Å². The van der Waals surface area contributed by atoms with Gasteiger partial charge in [-0.1, -0.05) is 78.9 Å². The molecule has 5 nitrogen and oxygen atoms in total. The maximum atomic E-state index is 11.0. The molecule has 0 bridgehead atoms. The van der Waals surface area contributed by atoms with Crippen molar-refractivity contribution in [1.29, 1.82) is 15.8 Å². The van der Waals surface area contributed by atoms with E-state index in [4.69, 9.17) is 0 Å². The Labute approximate surface area is 287 Å². The van der Waals surface area contributed by atoms with E-state index >= 15 is 0 Å². The lowest BCUT2D eigenvalue weighted by molar-refractivity contribution is 1.16. The van der Waals surface area contributed by atoms with Gasteiger partial charge in [-0.25, -0.2) is 0 Å². The number of benzene rings is 7. The van der Waals surface area contributed by atoms with Gasteiger partial charge in [0.05, 0.1) is 56.6 Å². The molecule has 0 radical (unpaired) electrons. The number of nitriles is 3. The summed E-state index contributed by atoms with van der Waals surface area (Å²) in [6.45, 7) is 0. The maximum Gasteiger partial charge on any atom is 0.102 e. The monoisotopic (exact) mass is 635 g/mol. The molecule has 0 atom stereocenters. The lowest BCUT2D eigenvalue weighted by Gasteiger charge is -2.17. The highest BCUT2D eigenvalue weighted by atomic mass is 15.0. The maximum absolute atomic E-state index is 11.0. The van der Waals surface area contributed by atoms with Gasteiger partial charge in [-0.05, 0) is 89.5 Å². The van der Waals surface area contributed by atoms with E-state index < -0.39 is 0 Å². The number of hydrogen-bond acceptors (Lipinski definition) is 3. The fourth-order valence-corrected chi connectivity index (χ4v) is 7.38. The van der Waals surface area contributed by atoms with Crippen molar-refractivity contribution in [3.8, 4) is 51.8 Å². The Hall–Kier alpha value is -7.39. The smallest absolute Gasteiger partial charge is 0.102 e. The fraction of sp³-hybridized carbons (Fsp3) is 0. The van der Waals surface area contributed by atoms with E-state index in [2.05, 4.69) is 106 Å². The van der Waals surface area contributed by atoms with E-state index in [1.165, 1.54) is 0 Å². The third-order valence-corrected chi connectivity index (χ3v) is 9.60. The highest BCUT2D eigenvalue weighted by Gasteiger charge is 2.21. The van der Waals surface area contributed by atoms with Crippen molar-refractivity contribution in [1.82, 2.24) is 9.13 Å². The van der Waals surface area contributed by atoms with Gasteiger partial charge in [0, 0.05) is 32.8 Å². The highest BCUT2D eigenvalue weighted by Crippen LogP contribution is 2.40. The zero-order chi connectivity index (χ0) is 33.8. The Balaban J connectivity index is 1.34. The van der Waals surface area contributed by atoms with Gasteiger partial charge in [-0.2, -0.15) is 15.8 Å². The summed E-state index contributed by atoms with van der Waals surface area (Å²) in [6, 6.07) is 57.9. The van der Waals surface area contributed by atoms with Gasteiger partial charge >= 0.3 is 0 Å². The molecule has 50 heavy (non-hydrogen) atoms. The van der Waals surface area contributed by atoms with E-state index in [-0.39, 0.29) is 0 Å². The number of aromatic nitrogens is 2. The predicted molar refractivity (Wildman–Crippen MR) is 200 cm³/mol. The second kappa shape index (κ2) is 11.4. The first-order chi connectivity index (χ1) is 24.7. The SMILES string of the molecule is N#Cc1ccc2c(c1)c1cc(C#N)ccc1n2-c1cccc(-c2cc(-c3ccccc3)cc(-n3c4ccccc4c4ccccc43)c2C#N)c1. The topological polar surface area (TPSA) is 81.2 Å². The number of rotatable bonds is 4. The molecule has 0 N–H and O–H groups in total. The number of fused-ring (bicyclic) bond motifs is 6. The van der Waals surface area contributed by atoms with Gasteiger partial charge in [0.2, 0.25) is 0 Å². The van der Waals surface area contributed by atoms with Crippen LogP contribution in [0.3, 0.4) is 0 Å². The van der Waals surface area contributed by atoms with Gasteiger partial charge in [-0.3, -0.25) is 0 Å². The highest BCUT2D eigenvalue weighted by molar-refractivity contribution is 6.11. The largest absolute Gasteiger partial charge is 0.309 e. The molecule has 9 rings (SSSR count). The minimum atomic E-state index is 0.557. The summed E-state index contributed by atoms with van der Waals surface area (Å²) in [5.74, 6) is 0. The molecule has 2 aromatic heterocycles. The molecule has 0 aliphatic heterocycles. The molecular formula is C45H25N5. The molecule has 9 aromatic rings. The number of hydrogen-bond donors (Lipinski definition) is 0. The second-order valence-corrected chi connectivity index (χ2v) is 12.3. The first-order valence-electron chi connectivity index (χ1n) is 16.3.